The molecule has 4 N–H and O–H groups in total. The summed E-state index contributed by atoms with van der Waals surface area (Å²) in [6, 6.07) is 4.60. The lowest BCUT2D eigenvalue weighted by atomic mass is 9.94. The highest BCUT2D eigenvalue weighted by Gasteiger charge is 2.39. The van der Waals surface area contributed by atoms with Crippen molar-refractivity contribution in [2.24, 2.45) is 11.8 Å². The zero-order valence-corrected chi connectivity index (χ0v) is 11.6. The minimum atomic E-state index is 0.105. The number of carbonyl (C=O) groups excluding carboxylic acids is 1. The van der Waals surface area contributed by atoms with Gasteiger partial charge in [0, 0.05) is 18.2 Å². The molecule has 0 spiro atoms. The van der Waals surface area contributed by atoms with Gasteiger partial charge in [0.05, 0.1) is 11.4 Å². The largest absolute Gasteiger partial charge is 0.397 e. The second-order valence-electron chi connectivity index (χ2n) is 6.57. The van der Waals surface area contributed by atoms with Crippen molar-refractivity contribution in [3.63, 3.8) is 0 Å². The van der Waals surface area contributed by atoms with Gasteiger partial charge in [-0.2, -0.15) is 0 Å². The van der Waals surface area contributed by atoms with Crippen molar-refractivity contribution >= 4 is 23.0 Å². The van der Waals surface area contributed by atoms with Crippen LogP contribution in [-0.2, 0) is 11.2 Å². The molecular weight excluding hydrogens is 250 g/mol. The molecule has 1 heterocycles. The first-order valence-electron chi connectivity index (χ1n) is 7.68. The van der Waals surface area contributed by atoms with E-state index >= 15 is 0 Å². The molecular formula is C16H21N3O. The molecule has 0 saturated heterocycles. The second kappa shape index (κ2) is 4.40. The van der Waals surface area contributed by atoms with Crippen LogP contribution in [0.5, 0.6) is 0 Å². The molecule has 4 rings (SSSR count). The Balaban J connectivity index is 1.58. The third-order valence-corrected chi connectivity index (χ3v) is 5.25. The summed E-state index contributed by atoms with van der Waals surface area (Å²) in [7, 11) is 0. The number of hydrogen-bond acceptors (Lipinski definition) is 3. The Labute approximate surface area is 119 Å². The van der Waals surface area contributed by atoms with Crippen molar-refractivity contribution < 1.29 is 4.79 Å². The maximum Gasteiger partial charge on any atom is 0.224 e. The van der Waals surface area contributed by atoms with Gasteiger partial charge in [0.2, 0.25) is 5.91 Å². The minimum absolute atomic E-state index is 0.105. The summed E-state index contributed by atoms with van der Waals surface area (Å²) in [6.07, 6.45) is 6.75. The molecule has 1 amide bonds. The molecule has 4 heteroatoms. The van der Waals surface area contributed by atoms with Crippen molar-refractivity contribution in [1.82, 2.24) is 0 Å². The number of aryl methyl sites for hydroxylation is 1. The van der Waals surface area contributed by atoms with Crippen LogP contribution in [0.1, 0.15) is 37.7 Å². The predicted molar refractivity (Wildman–Crippen MR) is 80.7 cm³/mol. The van der Waals surface area contributed by atoms with Crippen LogP contribution in [0.4, 0.5) is 17.1 Å². The third kappa shape index (κ3) is 1.94. The van der Waals surface area contributed by atoms with Crippen molar-refractivity contribution in [2.45, 2.75) is 44.6 Å². The van der Waals surface area contributed by atoms with E-state index in [0.717, 1.165) is 40.9 Å². The Morgan fingerprint density at radius 1 is 1.20 bits per heavy atom. The van der Waals surface area contributed by atoms with E-state index in [1.54, 1.807) is 0 Å². The van der Waals surface area contributed by atoms with E-state index in [9.17, 15) is 4.79 Å². The number of nitrogens with one attached hydrogen (secondary N) is 2. The van der Waals surface area contributed by atoms with Crippen LogP contribution in [0.15, 0.2) is 12.1 Å². The van der Waals surface area contributed by atoms with Gasteiger partial charge in [0.1, 0.15) is 0 Å². The topological polar surface area (TPSA) is 67.2 Å². The second-order valence-corrected chi connectivity index (χ2v) is 6.57. The van der Waals surface area contributed by atoms with Gasteiger partial charge >= 0.3 is 0 Å². The standard InChI is InChI=1S/C16H21N3O/c17-12-7-11-3-4-16(20)19-14(11)8-15(12)18-13-6-9-1-2-10(13)5-9/h7-10,13,18H,1-6,17H2,(H,19,20). The molecule has 106 valence electrons. The summed E-state index contributed by atoms with van der Waals surface area (Å²) in [5.74, 6) is 1.83. The lowest BCUT2D eigenvalue weighted by Gasteiger charge is -2.26. The molecule has 2 fully saturated rings. The van der Waals surface area contributed by atoms with E-state index in [2.05, 4.69) is 10.6 Å². The van der Waals surface area contributed by atoms with Crippen LogP contribution in [0.2, 0.25) is 0 Å². The fourth-order valence-electron chi connectivity index (χ4n) is 4.19. The van der Waals surface area contributed by atoms with Gasteiger partial charge < -0.3 is 16.4 Å². The number of rotatable bonds is 2. The van der Waals surface area contributed by atoms with Crippen LogP contribution in [0.25, 0.3) is 0 Å². The van der Waals surface area contributed by atoms with E-state index in [0.29, 0.717) is 12.5 Å². The third-order valence-electron chi connectivity index (χ3n) is 5.25. The Bertz CT molecular complexity index is 569. The molecule has 3 unspecified atom stereocenters. The van der Waals surface area contributed by atoms with Crippen molar-refractivity contribution in [3.05, 3.63) is 17.7 Å². The monoisotopic (exact) mass is 271 g/mol. The quantitative estimate of drug-likeness (QED) is 0.725. The van der Waals surface area contributed by atoms with E-state index in [1.807, 2.05) is 12.1 Å². The van der Waals surface area contributed by atoms with E-state index in [4.69, 9.17) is 5.73 Å². The number of amides is 1. The molecule has 1 aromatic rings. The molecule has 0 aromatic heterocycles. The number of nitrogen functional groups attached to an aromatic ring is 1. The highest BCUT2D eigenvalue weighted by molar-refractivity contribution is 5.95. The average molecular weight is 271 g/mol. The Morgan fingerprint density at radius 3 is 2.85 bits per heavy atom. The van der Waals surface area contributed by atoms with E-state index in [-0.39, 0.29) is 5.91 Å². The lowest BCUT2D eigenvalue weighted by molar-refractivity contribution is -0.116. The summed E-state index contributed by atoms with van der Waals surface area (Å²) in [6.45, 7) is 0. The Morgan fingerprint density at radius 2 is 2.10 bits per heavy atom. The number of fused-ring (bicyclic) bond motifs is 3. The summed E-state index contributed by atoms with van der Waals surface area (Å²) in [5.41, 5.74) is 10.1. The first-order chi connectivity index (χ1) is 9.69. The summed E-state index contributed by atoms with van der Waals surface area (Å²) in [4.78, 5) is 11.5. The number of carbonyl (C=O) groups is 1. The van der Waals surface area contributed by atoms with Crippen molar-refractivity contribution in [2.75, 3.05) is 16.4 Å². The van der Waals surface area contributed by atoms with Gasteiger partial charge in [-0.25, -0.2) is 0 Å². The molecule has 1 aromatic carbocycles. The maximum atomic E-state index is 11.5. The summed E-state index contributed by atoms with van der Waals surface area (Å²) >= 11 is 0. The number of anilines is 3. The normalized spacial score (nSPS) is 31.0. The summed E-state index contributed by atoms with van der Waals surface area (Å²) < 4.78 is 0. The van der Waals surface area contributed by atoms with Crippen LogP contribution in [-0.4, -0.2) is 11.9 Å². The van der Waals surface area contributed by atoms with Gasteiger partial charge in [-0.15, -0.1) is 0 Å². The van der Waals surface area contributed by atoms with Crippen LogP contribution in [0, 0.1) is 11.8 Å². The minimum Gasteiger partial charge on any atom is -0.397 e. The highest BCUT2D eigenvalue weighted by Crippen LogP contribution is 2.46. The van der Waals surface area contributed by atoms with Gasteiger partial charge in [0.25, 0.3) is 0 Å². The fourth-order valence-corrected chi connectivity index (χ4v) is 4.19. The number of benzene rings is 1. The average Bonchev–Trinajstić information content (AvgIpc) is 3.02. The smallest absolute Gasteiger partial charge is 0.224 e. The van der Waals surface area contributed by atoms with Crippen LogP contribution < -0.4 is 16.4 Å². The molecule has 2 bridgehead atoms. The molecule has 1 aliphatic heterocycles. The highest BCUT2D eigenvalue weighted by atomic mass is 16.1. The fraction of sp³-hybridized carbons (Fsp3) is 0.562. The Hall–Kier alpha value is -1.71. The molecule has 20 heavy (non-hydrogen) atoms. The summed E-state index contributed by atoms with van der Waals surface area (Å²) in [5, 5.41) is 6.58. The number of nitrogens with two attached hydrogens (primary N) is 1. The van der Waals surface area contributed by atoms with Gasteiger partial charge in [-0.1, -0.05) is 6.42 Å². The maximum absolute atomic E-state index is 11.5. The lowest BCUT2D eigenvalue weighted by Crippen LogP contribution is -2.27. The molecule has 3 aliphatic rings. The Kier molecular flexibility index (Phi) is 2.65. The first kappa shape index (κ1) is 12.1. The predicted octanol–water partition coefficient (Wildman–Crippen LogP) is 2.75. The SMILES string of the molecule is Nc1cc2c(cc1NC1CC3CCC1C3)NC(=O)CC2. The first-order valence-corrected chi connectivity index (χ1v) is 7.68. The zero-order valence-electron chi connectivity index (χ0n) is 11.6. The van der Waals surface area contributed by atoms with Crippen molar-refractivity contribution in [3.8, 4) is 0 Å². The zero-order chi connectivity index (χ0) is 13.7. The van der Waals surface area contributed by atoms with Gasteiger partial charge in [-0.05, 0) is 55.2 Å². The van der Waals surface area contributed by atoms with Gasteiger partial charge in [0.15, 0.2) is 0 Å². The van der Waals surface area contributed by atoms with Crippen LogP contribution >= 0.6 is 0 Å². The molecule has 4 nitrogen and oxygen atoms in total. The number of hydrogen-bond donors (Lipinski definition) is 3. The van der Waals surface area contributed by atoms with Crippen molar-refractivity contribution in [1.29, 1.82) is 0 Å². The molecule has 2 saturated carbocycles. The van der Waals surface area contributed by atoms with E-state index in [1.165, 1.54) is 25.7 Å². The van der Waals surface area contributed by atoms with Crippen LogP contribution in [0.3, 0.4) is 0 Å². The molecule has 2 aliphatic carbocycles. The molecule has 0 radical (unpaired) electrons. The van der Waals surface area contributed by atoms with E-state index < -0.39 is 0 Å². The molecule has 3 atom stereocenters. The van der Waals surface area contributed by atoms with Gasteiger partial charge in [-0.3, -0.25) is 4.79 Å².